The van der Waals surface area contributed by atoms with Crippen LogP contribution in [0.15, 0.2) is 30.3 Å². The maximum atomic E-state index is 13.2. The van der Waals surface area contributed by atoms with E-state index in [-0.39, 0.29) is 36.4 Å². The Kier molecular flexibility index (Phi) is 13.9. The number of fused-ring (bicyclic) bond motifs is 1. The molecule has 1 saturated carbocycles. The number of carboxylic acid groups (broad SMARTS) is 1. The maximum absolute atomic E-state index is 13.2. The van der Waals surface area contributed by atoms with Crippen LogP contribution in [0, 0.1) is 5.92 Å². The smallest absolute Gasteiger partial charge is 0.326 e. The minimum absolute atomic E-state index is 0.00629. The summed E-state index contributed by atoms with van der Waals surface area (Å²) >= 11 is 3.26. The monoisotopic (exact) mass is 652 g/mol. The quantitative estimate of drug-likeness (QED) is 0.196. The lowest BCUT2D eigenvalue weighted by Crippen LogP contribution is -2.55. The number of carbonyl (C=O) groups is 5. The Balaban J connectivity index is 0.000000435. The van der Waals surface area contributed by atoms with Crippen molar-refractivity contribution >= 4 is 45.7 Å². The van der Waals surface area contributed by atoms with E-state index in [0.717, 1.165) is 24.8 Å². The molecule has 5 atom stereocenters. The number of benzene rings is 1. The molecule has 2 fully saturated rings. The molecule has 0 radical (unpaired) electrons. The van der Waals surface area contributed by atoms with Gasteiger partial charge in [0.1, 0.15) is 16.4 Å². The van der Waals surface area contributed by atoms with Crippen molar-refractivity contribution in [3.8, 4) is 0 Å². The van der Waals surface area contributed by atoms with E-state index in [4.69, 9.17) is 10.5 Å². The van der Waals surface area contributed by atoms with Crippen LogP contribution in [-0.4, -0.2) is 74.9 Å². The number of primary amides is 1. The number of aryl methyl sites for hydroxylation is 1. The Hall–Kier alpha value is -2.99. The normalized spacial score (nSPS) is 20.9. The number of nitrogens with zero attached hydrogens (tertiary/aromatic N) is 1. The van der Waals surface area contributed by atoms with Crippen molar-refractivity contribution in [3.05, 3.63) is 35.9 Å². The van der Waals surface area contributed by atoms with Crippen LogP contribution >= 0.6 is 15.9 Å². The molecule has 0 aromatic heterocycles. The van der Waals surface area contributed by atoms with Gasteiger partial charge < -0.3 is 20.5 Å². The molecule has 0 spiro atoms. The summed E-state index contributed by atoms with van der Waals surface area (Å²) in [4.78, 5) is 60.7. The first-order chi connectivity index (χ1) is 19.9. The second kappa shape index (κ2) is 16.6. The highest BCUT2D eigenvalue weighted by molar-refractivity contribution is 9.10. The molecule has 1 saturated heterocycles. The molecule has 2 aliphatic rings. The Morgan fingerprint density at radius 2 is 1.76 bits per heavy atom. The van der Waals surface area contributed by atoms with E-state index < -0.39 is 34.5 Å². The van der Waals surface area contributed by atoms with E-state index in [1.54, 1.807) is 18.7 Å². The van der Waals surface area contributed by atoms with Crippen molar-refractivity contribution in [1.29, 1.82) is 0 Å². The first-order valence-electron chi connectivity index (χ1n) is 14.7. The number of carbonyl (C=O) groups excluding carboxylic acids is 4. The summed E-state index contributed by atoms with van der Waals surface area (Å²) in [6, 6.07) is 6.94. The lowest BCUT2D eigenvalue weighted by molar-refractivity contribution is -0.151. The number of carboxylic acids is 1. The molecular weight excluding hydrogens is 608 g/mol. The second-order valence-corrected chi connectivity index (χ2v) is 12.3. The fourth-order valence-corrected chi connectivity index (χ4v) is 5.79. The number of nitrogens with two attached hydrogens (primary N) is 1. The summed E-state index contributed by atoms with van der Waals surface area (Å²) < 4.78 is 4.54. The largest absolute Gasteiger partial charge is 0.480 e. The Bertz CT molecular complexity index is 1080. The summed E-state index contributed by atoms with van der Waals surface area (Å²) in [5.41, 5.74) is 5.91. The molecule has 12 heteroatoms. The highest BCUT2D eigenvalue weighted by Crippen LogP contribution is 2.41. The zero-order valence-electron chi connectivity index (χ0n) is 24.9. The minimum Gasteiger partial charge on any atom is -0.480 e. The molecule has 5 N–H and O–H groups in total. The van der Waals surface area contributed by atoms with Gasteiger partial charge in [0.2, 0.25) is 11.8 Å². The molecule has 42 heavy (non-hydrogen) atoms. The molecule has 3 rings (SSSR count). The number of alkyl halides is 1. The van der Waals surface area contributed by atoms with Crippen LogP contribution in [0.25, 0.3) is 0 Å². The van der Waals surface area contributed by atoms with Gasteiger partial charge in [0, 0.05) is 6.04 Å². The van der Waals surface area contributed by atoms with Gasteiger partial charge in [0.15, 0.2) is 0 Å². The van der Waals surface area contributed by atoms with Crippen LogP contribution in [0.3, 0.4) is 0 Å². The van der Waals surface area contributed by atoms with Crippen molar-refractivity contribution < 1.29 is 33.8 Å². The van der Waals surface area contributed by atoms with Gasteiger partial charge in [-0.1, -0.05) is 66.5 Å². The van der Waals surface area contributed by atoms with Crippen LogP contribution < -0.4 is 16.4 Å². The number of likely N-dealkylation sites (tertiary alicyclic amines) is 1. The van der Waals surface area contributed by atoms with E-state index in [1.165, 1.54) is 0 Å². The Morgan fingerprint density at radius 3 is 2.31 bits per heavy atom. The predicted molar refractivity (Wildman–Crippen MR) is 162 cm³/mol. The third-order valence-electron chi connectivity index (χ3n) is 8.10. The first kappa shape index (κ1) is 35.2. The number of amides is 4. The van der Waals surface area contributed by atoms with Crippen LogP contribution in [0.1, 0.15) is 78.2 Å². The van der Waals surface area contributed by atoms with Gasteiger partial charge >= 0.3 is 18.0 Å². The SMILES string of the molecule is CCC(Br)(CC)C(=O)NC(N)=O.CCOC(=O)[C@H](CCc1ccccc1)N[C@@H](C)C(=O)N1[C@H](C(=O)O)C[C@@H]2CCC[C@@H]21. The van der Waals surface area contributed by atoms with Gasteiger partial charge in [-0.05, 0) is 70.3 Å². The first-order valence-corrected chi connectivity index (χ1v) is 15.5. The van der Waals surface area contributed by atoms with E-state index >= 15 is 0 Å². The van der Waals surface area contributed by atoms with E-state index in [2.05, 4.69) is 21.2 Å². The van der Waals surface area contributed by atoms with Crippen molar-refractivity contribution in [2.75, 3.05) is 6.61 Å². The third-order valence-corrected chi connectivity index (χ3v) is 9.58. The zero-order valence-corrected chi connectivity index (χ0v) is 26.5. The van der Waals surface area contributed by atoms with Gasteiger partial charge in [-0.3, -0.25) is 25.0 Å². The number of nitrogens with one attached hydrogen (secondary N) is 2. The summed E-state index contributed by atoms with van der Waals surface area (Å²) in [6.07, 6.45) is 5.76. The van der Waals surface area contributed by atoms with Gasteiger partial charge in [0.05, 0.1) is 12.6 Å². The van der Waals surface area contributed by atoms with Crippen LogP contribution in [0.5, 0.6) is 0 Å². The number of ether oxygens (including phenoxy) is 1. The zero-order chi connectivity index (χ0) is 31.4. The average molecular weight is 654 g/mol. The molecule has 0 bridgehead atoms. The number of hydrogen-bond donors (Lipinski definition) is 4. The van der Waals surface area contributed by atoms with Crippen LogP contribution in [-0.2, 0) is 30.3 Å². The summed E-state index contributed by atoms with van der Waals surface area (Å²) in [6.45, 7) is 7.44. The molecule has 0 unspecified atom stereocenters. The number of esters is 1. The fraction of sp³-hybridized carbons (Fsp3) is 0.633. The summed E-state index contributed by atoms with van der Waals surface area (Å²) in [5, 5.41) is 14.8. The van der Waals surface area contributed by atoms with E-state index in [0.29, 0.717) is 32.1 Å². The lowest BCUT2D eigenvalue weighted by Gasteiger charge is -2.31. The molecular formula is C30H45BrN4O7. The molecule has 1 aliphatic heterocycles. The maximum Gasteiger partial charge on any atom is 0.326 e. The topological polar surface area (TPSA) is 168 Å². The number of urea groups is 1. The van der Waals surface area contributed by atoms with Gasteiger partial charge in [0.25, 0.3) is 0 Å². The summed E-state index contributed by atoms with van der Waals surface area (Å²) in [7, 11) is 0. The van der Waals surface area contributed by atoms with Crippen LogP contribution in [0.2, 0.25) is 0 Å². The Morgan fingerprint density at radius 1 is 1.12 bits per heavy atom. The standard InChI is InChI=1S/C23H32N2O5.C7H13BrN2O2/c1-3-30-23(29)18(13-12-16-8-5-4-6-9-16)24-15(2)21(26)25-19-11-7-10-17(19)14-20(25)22(27)28;1-3-7(8,4-2)5(11)10-6(9)12/h4-6,8-9,15,17-20,24H,3,7,10-14H2,1-2H3,(H,27,28);3-4H2,1-2H3,(H3,9,10,11,12)/t15-,17-,18-,19-,20-;/m0./s1. The van der Waals surface area contributed by atoms with Gasteiger partial charge in [-0.15, -0.1) is 0 Å². The average Bonchev–Trinajstić information content (AvgIpc) is 3.57. The highest BCUT2D eigenvalue weighted by Gasteiger charge is 2.49. The lowest BCUT2D eigenvalue weighted by atomic mass is 10.0. The fourth-order valence-electron chi connectivity index (χ4n) is 5.69. The summed E-state index contributed by atoms with van der Waals surface area (Å²) in [5.74, 6) is -1.69. The van der Waals surface area contributed by atoms with Crippen molar-refractivity contribution in [3.63, 3.8) is 0 Å². The highest BCUT2D eigenvalue weighted by atomic mass is 79.9. The number of halogens is 1. The number of rotatable bonds is 12. The van der Waals surface area contributed by atoms with E-state index in [9.17, 15) is 29.1 Å². The van der Waals surface area contributed by atoms with Crippen molar-refractivity contribution in [1.82, 2.24) is 15.5 Å². The molecule has 4 amide bonds. The van der Waals surface area contributed by atoms with E-state index in [1.807, 2.05) is 49.5 Å². The molecule has 234 valence electrons. The molecule has 1 aliphatic carbocycles. The predicted octanol–water partition coefficient (Wildman–Crippen LogP) is 3.52. The van der Waals surface area contributed by atoms with Crippen molar-refractivity contribution in [2.24, 2.45) is 11.7 Å². The molecule has 11 nitrogen and oxygen atoms in total. The number of hydrogen-bond acceptors (Lipinski definition) is 7. The third kappa shape index (κ3) is 9.52. The van der Waals surface area contributed by atoms with Crippen molar-refractivity contribution in [2.45, 2.75) is 108 Å². The minimum atomic E-state index is -0.948. The second-order valence-electron chi connectivity index (χ2n) is 10.8. The van der Waals surface area contributed by atoms with Gasteiger partial charge in [-0.2, -0.15) is 0 Å². The number of imide groups is 1. The van der Waals surface area contributed by atoms with Crippen LogP contribution in [0.4, 0.5) is 4.79 Å². The Labute approximate surface area is 256 Å². The number of aliphatic carboxylic acids is 1. The molecule has 1 heterocycles. The molecule has 1 aromatic rings. The van der Waals surface area contributed by atoms with Gasteiger partial charge in [-0.25, -0.2) is 9.59 Å². The molecule has 1 aromatic carbocycles.